The zero-order chi connectivity index (χ0) is 16.8. The van der Waals surface area contributed by atoms with Crippen LogP contribution in [0.4, 0.5) is 11.5 Å². The lowest BCUT2D eigenvalue weighted by molar-refractivity contribution is 0.311. The van der Waals surface area contributed by atoms with Gasteiger partial charge in [-0.15, -0.1) is 0 Å². The van der Waals surface area contributed by atoms with Crippen molar-refractivity contribution in [3.05, 3.63) is 40.9 Å². The Labute approximate surface area is 136 Å². The fourth-order valence-corrected chi connectivity index (χ4v) is 2.23. The molecule has 124 valence electrons. The van der Waals surface area contributed by atoms with Crippen LogP contribution in [-0.4, -0.2) is 23.3 Å². The summed E-state index contributed by atoms with van der Waals surface area (Å²) in [6.45, 7) is 7.26. The maximum absolute atomic E-state index is 12.4. The Morgan fingerprint density at radius 2 is 2.09 bits per heavy atom. The molecule has 2 aromatic rings. The van der Waals surface area contributed by atoms with Gasteiger partial charge >= 0.3 is 0 Å². The van der Waals surface area contributed by atoms with Gasteiger partial charge in [-0.05, 0) is 25.0 Å². The van der Waals surface area contributed by atoms with Crippen LogP contribution in [0, 0.1) is 5.92 Å². The number of nitrogens with one attached hydrogen (secondary N) is 1. The molecule has 0 unspecified atom stereocenters. The summed E-state index contributed by atoms with van der Waals surface area (Å²) in [7, 11) is 1.58. The predicted molar refractivity (Wildman–Crippen MR) is 90.8 cm³/mol. The topological polar surface area (TPSA) is 65.4 Å². The summed E-state index contributed by atoms with van der Waals surface area (Å²) in [6.07, 6.45) is 3.32. The van der Waals surface area contributed by atoms with Crippen LogP contribution in [0.5, 0.6) is 11.5 Å². The van der Waals surface area contributed by atoms with Crippen molar-refractivity contribution in [3.8, 4) is 11.5 Å². The van der Waals surface area contributed by atoms with Crippen LogP contribution in [0.2, 0.25) is 0 Å². The Morgan fingerprint density at radius 3 is 2.74 bits per heavy atom. The van der Waals surface area contributed by atoms with Crippen LogP contribution in [0.3, 0.4) is 0 Å². The van der Waals surface area contributed by atoms with Gasteiger partial charge in [0, 0.05) is 30.7 Å². The van der Waals surface area contributed by atoms with Gasteiger partial charge in [-0.3, -0.25) is 4.79 Å². The molecule has 1 heterocycles. The molecule has 0 aliphatic heterocycles. The van der Waals surface area contributed by atoms with Gasteiger partial charge in [0.2, 0.25) is 0 Å². The number of aromatic nitrogens is 2. The van der Waals surface area contributed by atoms with Crippen molar-refractivity contribution in [2.75, 3.05) is 19.0 Å². The van der Waals surface area contributed by atoms with Crippen molar-refractivity contribution in [2.24, 2.45) is 5.92 Å². The molecule has 2 rings (SSSR count). The van der Waals surface area contributed by atoms with E-state index >= 15 is 0 Å². The van der Waals surface area contributed by atoms with Gasteiger partial charge < -0.3 is 19.4 Å². The molecule has 1 aromatic carbocycles. The molecular formula is C17H23N3O3. The van der Waals surface area contributed by atoms with E-state index in [0.717, 1.165) is 5.69 Å². The maximum Gasteiger partial charge on any atom is 0.293 e. The number of anilines is 2. The monoisotopic (exact) mass is 317 g/mol. The molecule has 1 N–H and O–H groups in total. The van der Waals surface area contributed by atoms with Gasteiger partial charge in [-0.2, -0.15) is 0 Å². The number of hydrogen-bond donors (Lipinski definition) is 1. The molecule has 0 radical (unpaired) electrons. The van der Waals surface area contributed by atoms with Gasteiger partial charge in [-0.25, -0.2) is 4.98 Å². The van der Waals surface area contributed by atoms with Crippen molar-refractivity contribution in [3.63, 3.8) is 0 Å². The minimum atomic E-state index is -0.144. The van der Waals surface area contributed by atoms with Gasteiger partial charge in [0.25, 0.3) is 5.56 Å². The molecule has 0 bridgehead atoms. The second-order valence-electron chi connectivity index (χ2n) is 5.55. The highest BCUT2D eigenvalue weighted by atomic mass is 16.5. The van der Waals surface area contributed by atoms with E-state index in [-0.39, 0.29) is 5.56 Å². The average Bonchev–Trinajstić information content (AvgIpc) is 2.52. The third kappa shape index (κ3) is 4.25. The maximum atomic E-state index is 12.4. The molecule has 0 saturated carbocycles. The Bertz CT molecular complexity index is 710. The van der Waals surface area contributed by atoms with E-state index in [4.69, 9.17) is 9.47 Å². The highest BCUT2D eigenvalue weighted by Gasteiger charge is 2.09. The van der Waals surface area contributed by atoms with Crippen LogP contribution in [0.15, 0.2) is 35.4 Å². The zero-order valence-electron chi connectivity index (χ0n) is 14.0. The first-order valence-corrected chi connectivity index (χ1v) is 7.68. The van der Waals surface area contributed by atoms with Crippen LogP contribution in [-0.2, 0) is 6.54 Å². The molecule has 6 heteroatoms. The van der Waals surface area contributed by atoms with Crippen LogP contribution >= 0.6 is 0 Å². The minimum Gasteiger partial charge on any atom is -0.493 e. The summed E-state index contributed by atoms with van der Waals surface area (Å²) >= 11 is 0. The van der Waals surface area contributed by atoms with Crippen molar-refractivity contribution in [1.82, 2.24) is 9.55 Å². The first kappa shape index (κ1) is 16.9. The zero-order valence-corrected chi connectivity index (χ0v) is 14.0. The Morgan fingerprint density at radius 1 is 1.30 bits per heavy atom. The molecule has 0 fully saturated rings. The first-order chi connectivity index (χ1) is 11.0. The third-order valence-electron chi connectivity index (χ3n) is 3.20. The average molecular weight is 317 g/mol. The lowest BCUT2D eigenvalue weighted by Crippen LogP contribution is -2.25. The quantitative estimate of drug-likeness (QED) is 0.850. The first-order valence-electron chi connectivity index (χ1n) is 7.68. The fraction of sp³-hybridized carbons (Fsp3) is 0.412. The van der Waals surface area contributed by atoms with E-state index in [0.29, 0.717) is 36.4 Å². The van der Waals surface area contributed by atoms with E-state index in [9.17, 15) is 4.79 Å². The van der Waals surface area contributed by atoms with Crippen molar-refractivity contribution in [1.29, 1.82) is 0 Å². The molecule has 0 aliphatic carbocycles. The number of rotatable bonds is 7. The number of ether oxygens (including phenoxy) is 2. The molecule has 0 atom stereocenters. The Balaban J connectivity index is 2.27. The molecule has 0 spiro atoms. The smallest absolute Gasteiger partial charge is 0.293 e. The second kappa shape index (κ2) is 7.67. The van der Waals surface area contributed by atoms with Gasteiger partial charge in [0.15, 0.2) is 17.3 Å². The van der Waals surface area contributed by atoms with Gasteiger partial charge in [0.05, 0.1) is 13.7 Å². The Hall–Kier alpha value is -2.50. The van der Waals surface area contributed by atoms with Crippen LogP contribution in [0.1, 0.15) is 20.8 Å². The largest absolute Gasteiger partial charge is 0.493 e. The predicted octanol–water partition coefficient (Wildman–Crippen LogP) is 3.05. The number of methoxy groups -OCH3 is 1. The second-order valence-corrected chi connectivity index (χ2v) is 5.55. The van der Waals surface area contributed by atoms with E-state index in [1.165, 1.54) is 0 Å². The van der Waals surface area contributed by atoms with E-state index in [2.05, 4.69) is 24.1 Å². The lowest BCUT2D eigenvalue weighted by Gasteiger charge is -2.13. The number of hydrogen-bond acceptors (Lipinski definition) is 5. The SMILES string of the molecule is CCOc1ccc(Nc2nccn(CC(C)C)c2=O)cc1OC. The summed E-state index contributed by atoms with van der Waals surface area (Å²) in [4.78, 5) is 16.6. The highest BCUT2D eigenvalue weighted by molar-refractivity contribution is 5.60. The summed E-state index contributed by atoms with van der Waals surface area (Å²) in [5.41, 5.74) is 0.575. The summed E-state index contributed by atoms with van der Waals surface area (Å²) in [5.74, 6) is 1.95. The minimum absolute atomic E-state index is 0.144. The highest BCUT2D eigenvalue weighted by Crippen LogP contribution is 2.30. The van der Waals surface area contributed by atoms with Gasteiger partial charge in [0.1, 0.15) is 0 Å². The Kier molecular flexibility index (Phi) is 5.62. The number of nitrogens with zero attached hydrogens (tertiary/aromatic N) is 2. The van der Waals surface area contributed by atoms with Crippen LogP contribution in [0.25, 0.3) is 0 Å². The molecule has 1 aromatic heterocycles. The molecule has 0 saturated heterocycles. The lowest BCUT2D eigenvalue weighted by atomic mass is 10.2. The summed E-state index contributed by atoms with van der Waals surface area (Å²) < 4.78 is 12.5. The molecule has 0 aliphatic rings. The van der Waals surface area contributed by atoms with E-state index in [1.807, 2.05) is 13.0 Å². The fourth-order valence-electron chi connectivity index (χ4n) is 2.23. The van der Waals surface area contributed by atoms with E-state index < -0.39 is 0 Å². The normalized spacial score (nSPS) is 10.7. The van der Waals surface area contributed by atoms with Crippen molar-refractivity contribution in [2.45, 2.75) is 27.3 Å². The molecule has 0 amide bonds. The number of benzene rings is 1. The van der Waals surface area contributed by atoms with Crippen molar-refractivity contribution >= 4 is 11.5 Å². The van der Waals surface area contributed by atoms with Gasteiger partial charge in [-0.1, -0.05) is 13.8 Å². The summed E-state index contributed by atoms with van der Waals surface area (Å²) in [5, 5.41) is 3.05. The third-order valence-corrected chi connectivity index (χ3v) is 3.20. The summed E-state index contributed by atoms with van der Waals surface area (Å²) in [6, 6.07) is 5.42. The molecular weight excluding hydrogens is 294 g/mol. The molecule has 6 nitrogen and oxygen atoms in total. The van der Waals surface area contributed by atoms with Crippen molar-refractivity contribution < 1.29 is 9.47 Å². The standard InChI is InChI=1S/C17H23N3O3/c1-5-23-14-7-6-13(10-15(14)22-4)19-16-17(21)20(9-8-18-16)11-12(2)3/h6-10,12H,5,11H2,1-4H3,(H,18,19). The van der Waals surface area contributed by atoms with E-state index in [1.54, 1.807) is 36.2 Å². The van der Waals surface area contributed by atoms with Crippen LogP contribution < -0.4 is 20.3 Å². The molecule has 23 heavy (non-hydrogen) atoms.